The van der Waals surface area contributed by atoms with Gasteiger partial charge in [0.2, 0.25) is 5.89 Å². The summed E-state index contributed by atoms with van der Waals surface area (Å²) in [6, 6.07) is 28.6. The summed E-state index contributed by atoms with van der Waals surface area (Å²) in [6.07, 6.45) is 1.44. The minimum atomic E-state index is -0.241. The first-order chi connectivity index (χ1) is 16.1. The Balaban J connectivity index is 1.44. The van der Waals surface area contributed by atoms with E-state index in [1.807, 2.05) is 55.5 Å². The summed E-state index contributed by atoms with van der Waals surface area (Å²) in [5.74, 6) is 0.282. The van der Waals surface area contributed by atoms with E-state index in [1.165, 1.54) is 23.0 Å². The fourth-order valence-corrected chi connectivity index (χ4v) is 3.74. The van der Waals surface area contributed by atoms with Crippen LogP contribution in [0.3, 0.4) is 0 Å². The third-order valence-electron chi connectivity index (χ3n) is 5.57. The molecule has 0 spiro atoms. The Bertz CT molecular complexity index is 1150. The second-order valence-electron chi connectivity index (χ2n) is 8.35. The van der Waals surface area contributed by atoms with Gasteiger partial charge in [0, 0.05) is 13.1 Å². The van der Waals surface area contributed by atoms with Gasteiger partial charge in [0.25, 0.3) is 5.91 Å². The van der Waals surface area contributed by atoms with E-state index in [0.717, 1.165) is 18.7 Å². The van der Waals surface area contributed by atoms with Gasteiger partial charge in [0.05, 0.1) is 12.6 Å². The van der Waals surface area contributed by atoms with Gasteiger partial charge in [-0.3, -0.25) is 9.69 Å². The highest BCUT2D eigenvalue weighted by molar-refractivity contribution is 5.92. The van der Waals surface area contributed by atoms with Crippen LogP contribution in [-0.2, 0) is 19.6 Å². The number of hydrogen-bond donors (Lipinski definition) is 1. The molecule has 1 amide bonds. The summed E-state index contributed by atoms with van der Waals surface area (Å²) in [4.78, 5) is 19.4. The number of nitrogens with zero attached hydrogens (tertiary/aromatic N) is 2. The third kappa shape index (κ3) is 6.40. The zero-order valence-corrected chi connectivity index (χ0v) is 19.1. The molecule has 3 aromatic carbocycles. The van der Waals surface area contributed by atoms with Crippen molar-refractivity contribution < 1.29 is 9.21 Å². The number of carbonyl (C=O) groups excluding carboxylic acids is 1. The van der Waals surface area contributed by atoms with Crippen molar-refractivity contribution in [3.05, 3.63) is 125 Å². The molecule has 1 N–H and O–H groups in total. The van der Waals surface area contributed by atoms with Crippen LogP contribution in [0.4, 0.5) is 0 Å². The third-order valence-corrected chi connectivity index (χ3v) is 5.57. The molecule has 0 aliphatic carbocycles. The van der Waals surface area contributed by atoms with Crippen molar-refractivity contribution in [2.75, 3.05) is 0 Å². The smallest absolute Gasteiger partial charge is 0.273 e. The number of carbonyl (C=O) groups is 1. The molecule has 0 saturated carbocycles. The predicted octanol–water partition coefficient (Wildman–Crippen LogP) is 5.68. The SMILES string of the molecule is Cc1ccc(CN(Cc2ccccc2)Cc2nc(C(=O)NC(C)c3ccccc3)co2)cc1. The molecule has 5 heteroatoms. The molecule has 1 heterocycles. The molecule has 4 aromatic rings. The van der Waals surface area contributed by atoms with E-state index in [-0.39, 0.29) is 11.9 Å². The number of benzene rings is 3. The van der Waals surface area contributed by atoms with Crippen LogP contribution in [0.1, 0.15) is 51.6 Å². The van der Waals surface area contributed by atoms with Crippen LogP contribution in [0.2, 0.25) is 0 Å². The number of aryl methyl sites for hydroxylation is 1. The first kappa shape index (κ1) is 22.5. The van der Waals surface area contributed by atoms with Crippen molar-refractivity contribution in [2.45, 2.75) is 39.5 Å². The van der Waals surface area contributed by atoms with Crippen molar-refractivity contribution in [2.24, 2.45) is 0 Å². The molecule has 4 rings (SSSR count). The maximum Gasteiger partial charge on any atom is 0.273 e. The first-order valence-corrected chi connectivity index (χ1v) is 11.2. The van der Waals surface area contributed by atoms with Crippen molar-refractivity contribution in [1.82, 2.24) is 15.2 Å². The van der Waals surface area contributed by atoms with E-state index in [0.29, 0.717) is 18.1 Å². The highest BCUT2D eigenvalue weighted by Gasteiger charge is 2.17. The summed E-state index contributed by atoms with van der Waals surface area (Å²) >= 11 is 0. The fraction of sp³-hybridized carbons (Fsp3) is 0.214. The molecule has 0 aliphatic heterocycles. The largest absolute Gasteiger partial charge is 0.447 e. The van der Waals surface area contributed by atoms with Gasteiger partial charge < -0.3 is 9.73 Å². The van der Waals surface area contributed by atoms with E-state index < -0.39 is 0 Å². The van der Waals surface area contributed by atoms with E-state index in [2.05, 4.69) is 58.5 Å². The minimum absolute atomic E-state index is 0.116. The molecule has 0 fully saturated rings. The highest BCUT2D eigenvalue weighted by Crippen LogP contribution is 2.16. The molecule has 0 radical (unpaired) electrons. The Morgan fingerprint density at radius 1 is 0.879 bits per heavy atom. The zero-order chi connectivity index (χ0) is 23.0. The summed E-state index contributed by atoms with van der Waals surface area (Å²) in [5.41, 5.74) is 5.01. The van der Waals surface area contributed by atoms with Gasteiger partial charge >= 0.3 is 0 Å². The summed E-state index contributed by atoms with van der Waals surface area (Å²) in [7, 11) is 0. The van der Waals surface area contributed by atoms with Crippen molar-refractivity contribution in [3.63, 3.8) is 0 Å². The summed E-state index contributed by atoms with van der Waals surface area (Å²) < 4.78 is 5.68. The van der Waals surface area contributed by atoms with E-state index in [9.17, 15) is 4.79 Å². The van der Waals surface area contributed by atoms with Gasteiger partial charge in [-0.05, 0) is 30.5 Å². The molecule has 5 nitrogen and oxygen atoms in total. The number of amides is 1. The van der Waals surface area contributed by atoms with Gasteiger partial charge in [0.1, 0.15) is 6.26 Å². The molecule has 168 valence electrons. The Morgan fingerprint density at radius 3 is 2.15 bits per heavy atom. The van der Waals surface area contributed by atoms with Gasteiger partial charge in [-0.1, -0.05) is 90.5 Å². The molecule has 1 aromatic heterocycles. The standard InChI is InChI=1S/C28H29N3O2/c1-21-13-15-24(16-14-21)18-31(17-23-9-5-3-6-10-23)19-27-30-26(20-33-27)28(32)29-22(2)25-11-7-4-8-12-25/h3-16,20,22H,17-19H2,1-2H3,(H,29,32). The summed E-state index contributed by atoms with van der Waals surface area (Å²) in [5, 5.41) is 2.99. The lowest BCUT2D eigenvalue weighted by Gasteiger charge is -2.21. The van der Waals surface area contributed by atoms with Gasteiger partial charge in [-0.25, -0.2) is 4.98 Å². The molecule has 0 bridgehead atoms. The number of rotatable bonds is 9. The fourth-order valence-electron chi connectivity index (χ4n) is 3.74. The Morgan fingerprint density at radius 2 is 1.48 bits per heavy atom. The first-order valence-electron chi connectivity index (χ1n) is 11.2. The van der Waals surface area contributed by atoms with Crippen LogP contribution in [0.25, 0.3) is 0 Å². The van der Waals surface area contributed by atoms with E-state index in [4.69, 9.17) is 4.42 Å². The second-order valence-corrected chi connectivity index (χ2v) is 8.35. The average molecular weight is 440 g/mol. The molecular weight excluding hydrogens is 410 g/mol. The summed E-state index contributed by atoms with van der Waals surface area (Å²) in [6.45, 7) is 6.05. The van der Waals surface area contributed by atoms with Crippen molar-refractivity contribution >= 4 is 5.91 Å². The molecule has 0 aliphatic rings. The number of nitrogens with one attached hydrogen (secondary N) is 1. The van der Waals surface area contributed by atoms with Crippen LogP contribution in [0, 0.1) is 6.92 Å². The van der Waals surface area contributed by atoms with Crippen molar-refractivity contribution in [3.8, 4) is 0 Å². The number of oxazole rings is 1. The maximum absolute atomic E-state index is 12.7. The second kappa shape index (κ2) is 10.7. The van der Waals surface area contributed by atoms with Gasteiger partial charge in [-0.2, -0.15) is 0 Å². The normalized spacial score (nSPS) is 12.0. The van der Waals surface area contributed by atoms with Crippen LogP contribution < -0.4 is 5.32 Å². The molecule has 1 unspecified atom stereocenters. The number of hydrogen-bond acceptors (Lipinski definition) is 4. The van der Waals surface area contributed by atoms with E-state index in [1.54, 1.807) is 0 Å². The Kier molecular flexibility index (Phi) is 7.33. The maximum atomic E-state index is 12.7. The van der Waals surface area contributed by atoms with Crippen LogP contribution >= 0.6 is 0 Å². The minimum Gasteiger partial charge on any atom is -0.447 e. The van der Waals surface area contributed by atoms with Gasteiger partial charge in [0.15, 0.2) is 5.69 Å². The number of aromatic nitrogens is 1. The lowest BCUT2D eigenvalue weighted by Crippen LogP contribution is -2.27. The Labute approximate surface area is 195 Å². The van der Waals surface area contributed by atoms with Crippen LogP contribution in [0.5, 0.6) is 0 Å². The van der Waals surface area contributed by atoms with Crippen molar-refractivity contribution in [1.29, 1.82) is 0 Å². The quantitative estimate of drug-likeness (QED) is 0.365. The van der Waals surface area contributed by atoms with Crippen LogP contribution in [0.15, 0.2) is 95.6 Å². The lowest BCUT2D eigenvalue weighted by molar-refractivity contribution is 0.0934. The molecule has 1 atom stereocenters. The highest BCUT2D eigenvalue weighted by atomic mass is 16.3. The average Bonchev–Trinajstić information content (AvgIpc) is 3.30. The Hall–Kier alpha value is -3.70. The molecule has 0 saturated heterocycles. The zero-order valence-electron chi connectivity index (χ0n) is 19.1. The van der Waals surface area contributed by atoms with Crippen LogP contribution in [-0.4, -0.2) is 15.8 Å². The molecular formula is C28H29N3O2. The molecule has 33 heavy (non-hydrogen) atoms. The predicted molar refractivity (Wildman–Crippen MR) is 129 cm³/mol. The topological polar surface area (TPSA) is 58.4 Å². The van der Waals surface area contributed by atoms with Gasteiger partial charge in [-0.15, -0.1) is 0 Å². The monoisotopic (exact) mass is 439 g/mol. The lowest BCUT2D eigenvalue weighted by atomic mass is 10.1. The van der Waals surface area contributed by atoms with E-state index >= 15 is 0 Å².